The van der Waals surface area contributed by atoms with E-state index in [1.165, 1.54) is 16.8 Å². The van der Waals surface area contributed by atoms with Crippen molar-refractivity contribution < 1.29 is 9.50 Å². The fourth-order valence-corrected chi connectivity index (χ4v) is 1.73. The first kappa shape index (κ1) is 12.3. The van der Waals surface area contributed by atoms with Crippen LogP contribution in [0.25, 0.3) is 5.52 Å². The molecular formula is C11H13ClFN3O. The lowest BCUT2D eigenvalue weighted by molar-refractivity contribution is 0.114. The standard InChI is InChI=1S/C11H13ClFN3O/c1-6(17)11(2,3)9-4-7(13)8-5-14-10(12)15-16(8)9/h4-6,17H,1-3H3. The van der Waals surface area contributed by atoms with Crippen molar-refractivity contribution in [1.29, 1.82) is 0 Å². The van der Waals surface area contributed by atoms with Gasteiger partial charge in [0, 0.05) is 5.41 Å². The van der Waals surface area contributed by atoms with E-state index in [4.69, 9.17) is 11.6 Å². The van der Waals surface area contributed by atoms with Crippen molar-refractivity contribution >= 4 is 17.1 Å². The van der Waals surface area contributed by atoms with Gasteiger partial charge in [0.15, 0.2) is 5.82 Å². The number of hydrogen-bond donors (Lipinski definition) is 1. The Morgan fingerprint density at radius 3 is 2.76 bits per heavy atom. The quantitative estimate of drug-likeness (QED) is 0.897. The summed E-state index contributed by atoms with van der Waals surface area (Å²) in [4.78, 5) is 3.74. The second-order valence-corrected chi connectivity index (χ2v) is 4.94. The topological polar surface area (TPSA) is 50.4 Å². The van der Waals surface area contributed by atoms with Gasteiger partial charge in [0.05, 0.1) is 18.0 Å². The first-order chi connectivity index (χ1) is 7.84. The van der Waals surface area contributed by atoms with Gasteiger partial charge < -0.3 is 5.11 Å². The van der Waals surface area contributed by atoms with E-state index in [0.717, 1.165) is 0 Å². The van der Waals surface area contributed by atoms with E-state index in [1.54, 1.807) is 6.92 Å². The average molecular weight is 258 g/mol. The second-order valence-electron chi connectivity index (χ2n) is 4.60. The van der Waals surface area contributed by atoms with Crippen LogP contribution < -0.4 is 0 Å². The molecule has 2 heterocycles. The monoisotopic (exact) mass is 257 g/mol. The van der Waals surface area contributed by atoms with E-state index in [9.17, 15) is 9.50 Å². The van der Waals surface area contributed by atoms with Gasteiger partial charge in [-0.1, -0.05) is 13.8 Å². The molecule has 0 fully saturated rings. The van der Waals surface area contributed by atoms with E-state index < -0.39 is 17.3 Å². The van der Waals surface area contributed by atoms with Crippen LogP contribution in [0.1, 0.15) is 26.5 Å². The molecule has 2 aromatic rings. The molecule has 0 spiro atoms. The van der Waals surface area contributed by atoms with Crippen LogP contribution >= 0.6 is 11.6 Å². The summed E-state index contributed by atoms with van der Waals surface area (Å²) in [7, 11) is 0. The molecule has 0 bridgehead atoms. The molecule has 0 saturated carbocycles. The molecule has 2 rings (SSSR count). The van der Waals surface area contributed by atoms with Crippen LogP contribution in [0.2, 0.25) is 5.28 Å². The number of fused-ring (bicyclic) bond motifs is 1. The molecule has 0 aliphatic heterocycles. The number of aliphatic hydroxyl groups excluding tert-OH is 1. The molecule has 6 heteroatoms. The third kappa shape index (κ3) is 1.89. The van der Waals surface area contributed by atoms with Gasteiger partial charge in [0.1, 0.15) is 5.52 Å². The Morgan fingerprint density at radius 2 is 2.18 bits per heavy atom. The lowest BCUT2D eigenvalue weighted by Gasteiger charge is -2.27. The van der Waals surface area contributed by atoms with Gasteiger partial charge in [-0.25, -0.2) is 13.9 Å². The van der Waals surface area contributed by atoms with Crippen LogP contribution in [0, 0.1) is 5.82 Å². The normalized spacial score (nSPS) is 14.2. The minimum Gasteiger partial charge on any atom is -0.392 e. The van der Waals surface area contributed by atoms with Crippen LogP contribution in [0.4, 0.5) is 4.39 Å². The van der Waals surface area contributed by atoms with Gasteiger partial charge in [-0.05, 0) is 24.6 Å². The van der Waals surface area contributed by atoms with Crippen LogP contribution in [-0.2, 0) is 5.41 Å². The Balaban J connectivity index is 2.74. The summed E-state index contributed by atoms with van der Waals surface area (Å²) >= 11 is 5.70. The second kappa shape index (κ2) is 3.92. The molecule has 0 aromatic carbocycles. The van der Waals surface area contributed by atoms with Gasteiger partial charge >= 0.3 is 0 Å². The van der Waals surface area contributed by atoms with Gasteiger partial charge in [-0.3, -0.25) is 0 Å². The Labute approximate surface area is 103 Å². The van der Waals surface area contributed by atoms with Crippen molar-refractivity contribution in [2.24, 2.45) is 0 Å². The van der Waals surface area contributed by atoms with Gasteiger partial charge in [0.2, 0.25) is 5.28 Å². The molecule has 0 aliphatic rings. The molecular weight excluding hydrogens is 245 g/mol. The molecule has 0 radical (unpaired) electrons. The summed E-state index contributed by atoms with van der Waals surface area (Å²) in [6.45, 7) is 5.28. The fraction of sp³-hybridized carbons (Fsp3) is 0.455. The van der Waals surface area contributed by atoms with Crippen molar-refractivity contribution in [2.45, 2.75) is 32.3 Å². The number of aromatic nitrogens is 3. The van der Waals surface area contributed by atoms with E-state index in [-0.39, 0.29) is 10.8 Å². The maximum atomic E-state index is 13.7. The van der Waals surface area contributed by atoms with Crippen molar-refractivity contribution in [2.75, 3.05) is 0 Å². The van der Waals surface area contributed by atoms with Crippen molar-refractivity contribution in [3.63, 3.8) is 0 Å². The van der Waals surface area contributed by atoms with Crippen molar-refractivity contribution in [1.82, 2.24) is 14.6 Å². The van der Waals surface area contributed by atoms with Crippen LogP contribution in [0.5, 0.6) is 0 Å². The highest BCUT2D eigenvalue weighted by molar-refractivity contribution is 6.28. The Kier molecular flexibility index (Phi) is 2.83. The first-order valence-electron chi connectivity index (χ1n) is 5.22. The lowest BCUT2D eigenvalue weighted by Crippen LogP contribution is -2.32. The van der Waals surface area contributed by atoms with Crippen LogP contribution in [-0.4, -0.2) is 25.8 Å². The summed E-state index contributed by atoms with van der Waals surface area (Å²) in [5.74, 6) is -0.426. The van der Waals surface area contributed by atoms with Crippen LogP contribution in [0.3, 0.4) is 0 Å². The van der Waals surface area contributed by atoms with Crippen LogP contribution in [0.15, 0.2) is 12.3 Å². The zero-order valence-corrected chi connectivity index (χ0v) is 10.5. The maximum Gasteiger partial charge on any atom is 0.241 e. The van der Waals surface area contributed by atoms with Crippen molar-refractivity contribution in [3.05, 3.63) is 29.1 Å². The first-order valence-corrected chi connectivity index (χ1v) is 5.60. The maximum absolute atomic E-state index is 13.7. The third-order valence-corrected chi connectivity index (χ3v) is 3.32. The number of aliphatic hydroxyl groups is 1. The number of hydrogen-bond acceptors (Lipinski definition) is 3. The molecule has 0 aliphatic carbocycles. The fourth-order valence-electron chi connectivity index (χ4n) is 1.61. The molecule has 4 nitrogen and oxygen atoms in total. The number of nitrogens with zero attached hydrogens (tertiary/aromatic N) is 3. The smallest absolute Gasteiger partial charge is 0.241 e. The summed E-state index contributed by atoms with van der Waals surface area (Å²) in [6, 6.07) is 1.35. The van der Waals surface area contributed by atoms with E-state index in [0.29, 0.717) is 5.69 Å². The average Bonchev–Trinajstić information content (AvgIpc) is 2.56. The minimum atomic E-state index is -0.645. The molecule has 2 aromatic heterocycles. The van der Waals surface area contributed by atoms with E-state index in [2.05, 4.69) is 10.1 Å². The summed E-state index contributed by atoms with van der Waals surface area (Å²) in [6.07, 6.45) is 0.681. The Bertz CT molecular complexity index is 565. The molecule has 0 saturated heterocycles. The Hall–Kier alpha value is -1.20. The third-order valence-electron chi connectivity index (χ3n) is 3.14. The molecule has 17 heavy (non-hydrogen) atoms. The summed E-state index contributed by atoms with van der Waals surface area (Å²) in [5.41, 5.74) is 0.174. The predicted molar refractivity (Wildman–Crippen MR) is 62.7 cm³/mol. The SMILES string of the molecule is CC(O)C(C)(C)c1cc(F)c2cnc(Cl)nn12. The summed E-state index contributed by atoms with van der Waals surface area (Å²) < 4.78 is 15.1. The molecule has 0 amide bonds. The molecule has 1 unspecified atom stereocenters. The zero-order valence-electron chi connectivity index (χ0n) is 9.78. The Morgan fingerprint density at radius 1 is 1.53 bits per heavy atom. The highest BCUT2D eigenvalue weighted by Crippen LogP contribution is 2.29. The van der Waals surface area contributed by atoms with E-state index >= 15 is 0 Å². The van der Waals surface area contributed by atoms with Gasteiger partial charge in [-0.15, -0.1) is 5.10 Å². The minimum absolute atomic E-state index is 0.0377. The molecule has 92 valence electrons. The molecule has 1 atom stereocenters. The predicted octanol–water partition coefficient (Wildman–Crippen LogP) is 2.18. The van der Waals surface area contributed by atoms with E-state index in [1.807, 2.05) is 13.8 Å². The van der Waals surface area contributed by atoms with Gasteiger partial charge in [-0.2, -0.15) is 0 Å². The van der Waals surface area contributed by atoms with Gasteiger partial charge in [0.25, 0.3) is 0 Å². The highest BCUT2D eigenvalue weighted by atomic mass is 35.5. The van der Waals surface area contributed by atoms with Crippen molar-refractivity contribution in [3.8, 4) is 0 Å². The lowest BCUT2D eigenvalue weighted by atomic mass is 9.84. The largest absolute Gasteiger partial charge is 0.392 e. The zero-order chi connectivity index (χ0) is 12.8. The molecule has 1 N–H and O–H groups in total. The highest BCUT2D eigenvalue weighted by Gasteiger charge is 2.31. The summed E-state index contributed by atoms with van der Waals surface area (Å²) in [5, 5.41) is 13.8. The number of halogens is 2. The number of rotatable bonds is 2.